The Hall–Kier alpha value is -2.49. The molecule has 34 heavy (non-hydrogen) atoms. The summed E-state index contributed by atoms with van der Waals surface area (Å²) in [5.74, 6) is -0.588. The number of para-hydroxylation sites is 2. The van der Waals surface area contributed by atoms with Gasteiger partial charge in [-0.05, 0) is 43.2 Å². The molecule has 1 N–H and O–H groups in total. The van der Waals surface area contributed by atoms with Crippen molar-refractivity contribution in [3.05, 3.63) is 58.1 Å². The number of halogens is 2. The number of ether oxygens (including phenoxy) is 1. The Bertz CT molecular complexity index is 1130. The van der Waals surface area contributed by atoms with Crippen molar-refractivity contribution >= 4 is 50.7 Å². The van der Waals surface area contributed by atoms with Crippen molar-refractivity contribution in [2.24, 2.45) is 0 Å². The first-order chi connectivity index (χ1) is 16.0. The minimum Gasteiger partial charge on any atom is -0.495 e. The number of benzene rings is 2. The summed E-state index contributed by atoms with van der Waals surface area (Å²) in [5, 5.41) is 3.41. The van der Waals surface area contributed by atoms with E-state index >= 15 is 0 Å². The van der Waals surface area contributed by atoms with E-state index in [1.165, 1.54) is 12.0 Å². The van der Waals surface area contributed by atoms with Crippen molar-refractivity contribution in [1.82, 2.24) is 10.2 Å². The first kappa shape index (κ1) is 27.8. The predicted octanol–water partition coefficient (Wildman–Crippen LogP) is 3.71. The third-order valence-electron chi connectivity index (χ3n) is 5.11. The lowest BCUT2D eigenvalue weighted by Gasteiger charge is -2.33. The van der Waals surface area contributed by atoms with Crippen molar-refractivity contribution < 1.29 is 22.7 Å². The predicted molar refractivity (Wildman–Crippen MR) is 135 cm³/mol. The van der Waals surface area contributed by atoms with Crippen LogP contribution in [0.4, 0.5) is 5.69 Å². The van der Waals surface area contributed by atoms with Gasteiger partial charge in [0.2, 0.25) is 21.8 Å². The molecule has 8 nitrogen and oxygen atoms in total. The van der Waals surface area contributed by atoms with E-state index in [0.29, 0.717) is 34.3 Å². The number of hydrogen-bond donors (Lipinski definition) is 1. The van der Waals surface area contributed by atoms with Crippen LogP contribution in [0.5, 0.6) is 5.75 Å². The Kier molecular flexibility index (Phi) is 10.0. The van der Waals surface area contributed by atoms with Gasteiger partial charge in [0.1, 0.15) is 18.3 Å². The van der Waals surface area contributed by atoms with E-state index in [1.54, 1.807) is 56.3 Å². The highest BCUT2D eigenvalue weighted by molar-refractivity contribution is 7.92. The second-order valence-corrected chi connectivity index (χ2v) is 10.3. The molecule has 186 valence electrons. The molecule has 0 spiro atoms. The molecule has 2 aromatic rings. The molecule has 0 aliphatic carbocycles. The molecule has 11 heteroatoms. The monoisotopic (exact) mass is 529 g/mol. The summed E-state index contributed by atoms with van der Waals surface area (Å²) in [6, 6.07) is 10.6. The Labute approximate surface area is 210 Å². The highest BCUT2D eigenvalue weighted by Crippen LogP contribution is 2.30. The van der Waals surface area contributed by atoms with Gasteiger partial charge in [-0.3, -0.25) is 13.9 Å². The van der Waals surface area contributed by atoms with Crippen molar-refractivity contribution in [3.63, 3.8) is 0 Å². The van der Waals surface area contributed by atoms with Gasteiger partial charge in [-0.2, -0.15) is 0 Å². The fraction of sp³-hybridized carbons (Fsp3) is 0.391. The number of methoxy groups -OCH3 is 1. The molecule has 0 aliphatic heterocycles. The maximum absolute atomic E-state index is 13.6. The third-order valence-corrected chi connectivity index (χ3v) is 6.97. The molecule has 0 heterocycles. The van der Waals surface area contributed by atoms with E-state index in [-0.39, 0.29) is 18.1 Å². The van der Waals surface area contributed by atoms with E-state index in [1.807, 2.05) is 0 Å². The zero-order valence-corrected chi connectivity index (χ0v) is 21.9. The number of hydrogen-bond acceptors (Lipinski definition) is 5. The molecular formula is C23H29Cl2N3O5S. The molecule has 2 amide bonds. The molecule has 0 bridgehead atoms. The van der Waals surface area contributed by atoms with Crippen LogP contribution in [0.15, 0.2) is 42.5 Å². The molecule has 0 aliphatic rings. The maximum atomic E-state index is 13.6. The summed E-state index contributed by atoms with van der Waals surface area (Å²) < 4.78 is 31.6. The number of rotatable bonds is 11. The number of nitrogens with one attached hydrogen (secondary N) is 1. The lowest BCUT2D eigenvalue weighted by molar-refractivity contribution is -0.140. The first-order valence-corrected chi connectivity index (χ1v) is 13.3. The SMILES string of the molecule is CCNC(=O)C(CC)N(Cc1ccc(Cl)c(Cl)c1)C(=O)CN(c1ccccc1OC)S(C)(=O)=O. The maximum Gasteiger partial charge on any atom is 0.244 e. The van der Waals surface area contributed by atoms with Crippen LogP contribution in [0.25, 0.3) is 0 Å². The highest BCUT2D eigenvalue weighted by atomic mass is 35.5. The Balaban J connectivity index is 2.49. The molecule has 0 aromatic heterocycles. The summed E-state index contributed by atoms with van der Waals surface area (Å²) in [6.07, 6.45) is 1.34. The number of likely N-dealkylation sites (N-methyl/N-ethyl adjacent to an activating group) is 1. The zero-order valence-electron chi connectivity index (χ0n) is 19.5. The topological polar surface area (TPSA) is 96.0 Å². The fourth-order valence-corrected chi connectivity index (χ4v) is 4.65. The van der Waals surface area contributed by atoms with E-state index < -0.39 is 28.5 Å². The Morgan fingerprint density at radius 1 is 1.09 bits per heavy atom. The summed E-state index contributed by atoms with van der Waals surface area (Å²) in [5.41, 5.74) is 0.870. The van der Waals surface area contributed by atoms with Crippen molar-refractivity contribution in [1.29, 1.82) is 0 Å². The second-order valence-electron chi connectivity index (χ2n) is 7.53. The lowest BCUT2D eigenvalue weighted by Crippen LogP contribution is -2.52. The van der Waals surface area contributed by atoms with Gasteiger partial charge in [0, 0.05) is 13.1 Å². The van der Waals surface area contributed by atoms with E-state index in [9.17, 15) is 18.0 Å². The smallest absolute Gasteiger partial charge is 0.244 e. The number of carbonyl (C=O) groups excluding carboxylic acids is 2. The van der Waals surface area contributed by atoms with Crippen LogP contribution in [0, 0.1) is 0 Å². The normalized spacial score (nSPS) is 12.1. The molecule has 2 aromatic carbocycles. The first-order valence-electron chi connectivity index (χ1n) is 10.6. The molecule has 0 saturated heterocycles. The van der Waals surface area contributed by atoms with Crippen LogP contribution in [0.3, 0.4) is 0 Å². The fourth-order valence-electron chi connectivity index (χ4n) is 3.48. The summed E-state index contributed by atoms with van der Waals surface area (Å²) >= 11 is 12.2. The molecule has 0 radical (unpaired) electrons. The van der Waals surface area contributed by atoms with Gasteiger partial charge in [-0.1, -0.05) is 48.3 Å². The van der Waals surface area contributed by atoms with Gasteiger partial charge < -0.3 is 15.0 Å². The number of nitrogens with zero attached hydrogens (tertiary/aromatic N) is 2. The van der Waals surface area contributed by atoms with Crippen LogP contribution in [0.2, 0.25) is 10.0 Å². The Morgan fingerprint density at radius 2 is 1.76 bits per heavy atom. The second kappa shape index (κ2) is 12.3. The van der Waals surface area contributed by atoms with Crippen LogP contribution in [0.1, 0.15) is 25.8 Å². The number of carbonyl (C=O) groups is 2. The van der Waals surface area contributed by atoms with Crippen molar-refractivity contribution in [2.45, 2.75) is 32.9 Å². The molecule has 1 atom stereocenters. The van der Waals surface area contributed by atoms with Gasteiger partial charge in [0.15, 0.2) is 0 Å². The summed E-state index contributed by atoms with van der Waals surface area (Å²) in [6.45, 7) is 3.47. The number of sulfonamides is 1. The molecular weight excluding hydrogens is 501 g/mol. The quantitative estimate of drug-likeness (QED) is 0.478. The van der Waals surface area contributed by atoms with Crippen molar-refractivity contribution in [3.8, 4) is 5.75 Å². The van der Waals surface area contributed by atoms with Crippen LogP contribution >= 0.6 is 23.2 Å². The van der Waals surface area contributed by atoms with Gasteiger partial charge in [0.05, 0.1) is 29.1 Å². The molecule has 0 fully saturated rings. The van der Waals surface area contributed by atoms with Gasteiger partial charge in [-0.15, -0.1) is 0 Å². The van der Waals surface area contributed by atoms with Crippen molar-refractivity contribution in [2.75, 3.05) is 30.8 Å². The largest absolute Gasteiger partial charge is 0.495 e. The average molecular weight is 530 g/mol. The standard InChI is InChI=1S/C23H29Cl2N3O5S/c1-5-19(23(30)26-6-2)27(14-16-11-12-17(24)18(25)13-16)22(29)15-28(34(4,31)32)20-9-7-8-10-21(20)33-3/h7-13,19H,5-6,14-15H2,1-4H3,(H,26,30). The Morgan fingerprint density at radius 3 is 2.32 bits per heavy atom. The average Bonchev–Trinajstić information content (AvgIpc) is 2.79. The minimum atomic E-state index is -3.86. The van der Waals surface area contributed by atoms with Gasteiger partial charge >= 0.3 is 0 Å². The van der Waals surface area contributed by atoms with Crippen LogP contribution in [-0.4, -0.2) is 57.6 Å². The zero-order chi connectivity index (χ0) is 25.5. The molecule has 0 saturated carbocycles. The lowest BCUT2D eigenvalue weighted by atomic mass is 10.1. The van der Waals surface area contributed by atoms with Crippen LogP contribution < -0.4 is 14.4 Å². The van der Waals surface area contributed by atoms with E-state index in [0.717, 1.165) is 10.6 Å². The number of amides is 2. The van der Waals surface area contributed by atoms with Crippen LogP contribution in [-0.2, 0) is 26.2 Å². The molecule has 2 rings (SSSR count). The minimum absolute atomic E-state index is 0.0366. The summed E-state index contributed by atoms with van der Waals surface area (Å²) in [4.78, 5) is 27.7. The highest BCUT2D eigenvalue weighted by Gasteiger charge is 2.32. The van der Waals surface area contributed by atoms with E-state index in [2.05, 4.69) is 5.32 Å². The molecule has 1 unspecified atom stereocenters. The number of anilines is 1. The third kappa shape index (κ3) is 7.01. The van der Waals surface area contributed by atoms with Gasteiger partial charge in [0.25, 0.3) is 0 Å². The summed E-state index contributed by atoms with van der Waals surface area (Å²) in [7, 11) is -2.44. The van der Waals surface area contributed by atoms with E-state index in [4.69, 9.17) is 27.9 Å². The van der Waals surface area contributed by atoms with Gasteiger partial charge in [-0.25, -0.2) is 8.42 Å².